The van der Waals surface area contributed by atoms with Gasteiger partial charge in [0, 0.05) is 22.1 Å². The van der Waals surface area contributed by atoms with Gasteiger partial charge in [0.1, 0.15) is 0 Å². The Hall–Kier alpha value is -0.600. The first kappa shape index (κ1) is 10.9. The Kier molecular flexibility index (Phi) is 3.60. The molecule has 1 nitrogen and oxygen atoms in total. The Bertz CT molecular complexity index is 450. The van der Waals surface area contributed by atoms with E-state index in [2.05, 4.69) is 29.8 Å². The largest absolute Gasteiger partial charge is 0.338 e. The van der Waals surface area contributed by atoms with Gasteiger partial charge in [-0.05, 0) is 36.4 Å². The maximum absolute atomic E-state index is 5.94. The Morgan fingerprint density at radius 1 is 1.33 bits per heavy atom. The van der Waals surface area contributed by atoms with Crippen molar-refractivity contribution in [3.05, 3.63) is 35.5 Å². The Morgan fingerprint density at radius 2 is 2.20 bits per heavy atom. The highest BCUT2D eigenvalue weighted by molar-refractivity contribution is 7.98. The summed E-state index contributed by atoms with van der Waals surface area (Å²) in [4.78, 5) is 0. The van der Waals surface area contributed by atoms with Gasteiger partial charge >= 0.3 is 0 Å². The molecule has 0 bridgehead atoms. The third kappa shape index (κ3) is 2.50. The minimum Gasteiger partial charge on any atom is -0.338 e. The fraction of sp³-hybridized carbons (Fsp3) is 0.333. The zero-order valence-corrected chi connectivity index (χ0v) is 10.3. The van der Waals surface area contributed by atoms with Crippen molar-refractivity contribution in [2.45, 2.75) is 19.2 Å². The standard InChI is InChI=1S/C12H14ClNS/c1-2-7-15-9-14-6-5-10-8-11(13)3-4-12(10)14/h3-6,8H,2,7,9H2,1H3. The molecule has 0 N–H and O–H groups in total. The summed E-state index contributed by atoms with van der Waals surface area (Å²) in [5.74, 6) is 2.24. The molecular weight excluding hydrogens is 226 g/mol. The third-order valence-corrected chi connectivity index (χ3v) is 3.70. The van der Waals surface area contributed by atoms with Gasteiger partial charge in [-0.25, -0.2) is 0 Å². The predicted molar refractivity (Wildman–Crippen MR) is 69.7 cm³/mol. The number of benzene rings is 1. The number of aromatic nitrogens is 1. The molecule has 0 aliphatic rings. The summed E-state index contributed by atoms with van der Waals surface area (Å²) in [5, 5.41) is 2.03. The fourth-order valence-corrected chi connectivity index (χ4v) is 2.61. The van der Waals surface area contributed by atoms with Crippen molar-refractivity contribution in [1.82, 2.24) is 4.57 Å². The summed E-state index contributed by atoms with van der Waals surface area (Å²) in [6.45, 7) is 2.21. The highest BCUT2D eigenvalue weighted by Gasteiger charge is 2.00. The normalized spacial score (nSPS) is 11.1. The average molecular weight is 240 g/mol. The zero-order chi connectivity index (χ0) is 10.7. The summed E-state index contributed by atoms with van der Waals surface area (Å²) in [5.41, 5.74) is 1.27. The number of halogens is 1. The maximum atomic E-state index is 5.94. The topological polar surface area (TPSA) is 4.93 Å². The fourth-order valence-electron chi connectivity index (χ4n) is 1.59. The van der Waals surface area contributed by atoms with Crippen molar-refractivity contribution in [2.75, 3.05) is 5.75 Å². The van der Waals surface area contributed by atoms with Crippen molar-refractivity contribution in [2.24, 2.45) is 0 Å². The van der Waals surface area contributed by atoms with Gasteiger partial charge in [0.15, 0.2) is 0 Å². The van der Waals surface area contributed by atoms with Crippen LogP contribution in [0.5, 0.6) is 0 Å². The Morgan fingerprint density at radius 3 is 3.00 bits per heavy atom. The second-order valence-corrected chi connectivity index (χ2v) is 5.04. The molecule has 80 valence electrons. The van der Waals surface area contributed by atoms with Gasteiger partial charge in [-0.15, -0.1) is 11.8 Å². The molecule has 0 amide bonds. The number of rotatable bonds is 4. The molecule has 2 aromatic rings. The van der Waals surface area contributed by atoms with Crippen LogP contribution < -0.4 is 0 Å². The lowest BCUT2D eigenvalue weighted by molar-refractivity contribution is 0.937. The molecule has 0 radical (unpaired) electrons. The van der Waals surface area contributed by atoms with E-state index in [1.54, 1.807) is 0 Å². The van der Waals surface area contributed by atoms with Gasteiger partial charge in [-0.1, -0.05) is 18.5 Å². The first-order chi connectivity index (χ1) is 7.31. The van der Waals surface area contributed by atoms with Crippen LogP contribution in [0.4, 0.5) is 0 Å². The van der Waals surface area contributed by atoms with E-state index in [-0.39, 0.29) is 0 Å². The molecular formula is C12H14ClNS. The van der Waals surface area contributed by atoms with E-state index < -0.39 is 0 Å². The highest BCUT2D eigenvalue weighted by Crippen LogP contribution is 2.22. The van der Waals surface area contributed by atoms with Crippen LogP contribution in [-0.2, 0) is 5.88 Å². The van der Waals surface area contributed by atoms with Crippen LogP contribution in [0.25, 0.3) is 10.9 Å². The van der Waals surface area contributed by atoms with Crippen LogP contribution in [0.2, 0.25) is 5.02 Å². The molecule has 2 rings (SSSR count). The molecule has 1 aromatic carbocycles. The molecule has 0 aliphatic carbocycles. The average Bonchev–Trinajstić information content (AvgIpc) is 2.61. The lowest BCUT2D eigenvalue weighted by Crippen LogP contribution is -1.92. The molecule has 1 aromatic heterocycles. The molecule has 0 unspecified atom stereocenters. The first-order valence-corrected chi connectivity index (χ1v) is 6.66. The lowest BCUT2D eigenvalue weighted by atomic mass is 10.2. The first-order valence-electron chi connectivity index (χ1n) is 5.13. The summed E-state index contributed by atoms with van der Waals surface area (Å²) in [7, 11) is 0. The van der Waals surface area contributed by atoms with Crippen molar-refractivity contribution in [3.8, 4) is 0 Å². The van der Waals surface area contributed by atoms with Gasteiger partial charge in [-0.2, -0.15) is 0 Å². The smallest absolute Gasteiger partial charge is 0.0682 e. The van der Waals surface area contributed by atoms with Crippen LogP contribution in [0.15, 0.2) is 30.5 Å². The van der Waals surface area contributed by atoms with Crippen LogP contribution in [0.3, 0.4) is 0 Å². The SMILES string of the molecule is CCCSCn1ccc2cc(Cl)ccc21. The number of fused-ring (bicyclic) bond motifs is 1. The van der Waals surface area contributed by atoms with Gasteiger partial charge in [0.2, 0.25) is 0 Å². The van der Waals surface area contributed by atoms with E-state index in [0.29, 0.717) is 0 Å². The van der Waals surface area contributed by atoms with E-state index in [9.17, 15) is 0 Å². The van der Waals surface area contributed by atoms with E-state index >= 15 is 0 Å². The molecule has 0 atom stereocenters. The van der Waals surface area contributed by atoms with Gasteiger partial charge in [-0.3, -0.25) is 0 Å². The molecule has 0 saturated heterocycles. The summed E-state index contributed by atoms with van der Waals surface area (Å²) in [6, 6.07) is 8.17. The summed E-state index contributed by atoms with van der Waals surface area (Å²) in [6.07, 6.45) is 3.36. The molecule has 1 heterocycles. The maximum Gasteiger partial charge on any atom is 0.0682 e. The minimum absolute atomic E-state index is 0.807. The van der Waals surface area contributed by atoms with E-state index in [4.69, 9.17) is 11.6 Å². The summed E-state index contributed by atoms with van der Waals surface area (Å²) >= 11 is 7.90. The zero-order valence-electron chi connectivity index (χ0n) is 8.74. The van der Waals surface area contributed by atoms with Crippen molar-refractivity contribution in [3.63, 3.8) is 0 Å². The van der Waals surface area contributed by atoms with Gasteiger partial charge in [0.05, 0.1) is 5.88 Å². The van der Waals surface area contributed by atoms with Gasteiger partial charge in [0.25, 0.3) is 0 Å². The number of nitrogens with zero attached hydrogens (tertiary/aromatic N) is 1. The Balaban J connectivity index is 2.21. The van der Waals surface area contributed by atoms with Crippen LogP contribution >= 0.6 is 23.4 Å². The lowest BCUT2D eigenvalue weighted by Gasteiger charge is -2.04. The molecule has 0 saturated carbocycles. The Labute approximate surface area is 99.4 Å². The minimum atomic E-state index is 0.807. The van der Waals surface area contributed by atoms with Crippen LogP contribution in [-0.4, -0.2) is 10.3 Å². The number of thioether (sulfide) groups is 1. The van der Waals surface area contributed by atoms with E-state index in [1.807, 2.05) is 23.9 Å². The highest BCUT2D eigenvalue weighted by atomic mass is 35.5. The van der Waals surface area contributed by atoms with Crippen LogP contribution in [0, 0.1) is 0 Å². The molecule has 15 heavy (non-hydrogen) atoms. The third-order valence-electron chi connectivity index (χ3n) is 2.31. The van der Waals surface area contributed by atoms with Crippen molar-refractivity contribution < 1.29 is 0 Å². The molecule has 3 heteroatoms. The van der Waals surface area contributed by atoms with Crippen molar-refractivity contribution in [1.29, 1.82) is 0 Å². The second-order valence-electron chi connectivity index (χ2n) is 3.53. The van der Waals surface area contributed by atoms with Crippen molar-refractivity contribution >= 4 is 34.3 Å². The monoisotopic (exact) mass is 239 g/mol. The molecule has 0 aliphatic heterocycles. The molecule has 0 spiro atoms. The van der Waals surface area contributed by atoms with E-state index in [0.717, 1.165) is 10.9 Å². The predicted octanol–water partition coefficient (Wildman–Crippen LogP) is 4.40. The molecule has 0 fully saturated rings. The van der Waals surface area contributed by atoms with Gasteiger partial charge < -0.3 is 4.57 Å². The summed E-state index contributed by atoms with van der Waals surface area (Å²) < 4.78 is 2.27. The number of hydrogen-bond donors (Lipinski definition) is 0. The quantitative estimate of drug-likeness (QED) is 0.717. The van der Waals surface area contributed by atoms with E-state index in [1.165, 1.54) is 23.1 Å². The second kappa shape index (κ2) is 4.95. The number of hydrogen-bond acceptors (Lipinski definition) is 1. The van der Waals surface area contributed by atoms with Crippen LogP contribution in [0.1, 0.15) is 13.3 Å².